The van der Waals surface area contributed by atoms with Crippen LogP contribution in [0.25, 0.3) is 0 Å². The third kappa shape index (κ3) is 3.82. The lowest BCUT2D eigenvalue weighted by atomic mass is 9.69. The first-order valence-electron chi connectivity index (χ1n) is 7.85. The van der Waals surface area contributed by atoms with Crippen molar-refractivity contribution in [1.82, 2.24) is 0 Å². The van der Waals surface area contributed by atoms with E-state index in [2.05, 4.69) is 45.0 Å². The average molecular weight is 259 g/mol. The molecule has 0 aromatic heterocycles. The zero-order valence-electron chi connectivity index (χ0n) is 12.7. The highest BCUT2D eigenvalue weighted by atomic mass is 14.6. The van der Waals surface area contributed by atoms with Crippen molar-refractivity contribution in [2.24, 2.45) is 29.4 Å². The summed E-state index contributed by atoms with van der Waals surface area (Å²) >= 11 is 0. The Kier molecular flexibility index (Phi) is 5.04. The second-order valence-electron chi connectivity index (χ2n) is 6.77. The molecule has 1 fully saturated rings. The molecule has 1 aromatic rings. The fraction of sp³-hybridized carbons (Fsp3) is 0.667. The zero-order valence-corrected chi connectivity index (χ0v) is 12.7. The zero-order chi connectivity index (χ0) is 13.8. The van der Waals surface area contributed by atoms with E-state index in [4.69, 9.17) is 5.73 Å². The summed E-state index contributed by atoms with van der Waals surface area (Å²) < 4.78 is 0. The predicted molar refractivity (Wildman–Crippen MR) is 83.1 cm³/mol. The number of hydrogen-bond acceptors (Lipinski definition) is 1. The van der Waals surface area contributed by atoms with Gasteiger partial charge < -0.3 is 5.73 Å². The van der Waals surface area contributed by atoms with Gasteiger partial charge in [0.25, 0.3) is 0 Å². The maximum Gasteiger partial charge on any atom is -0.00461 e. The molecule has 3 atom stereocenters. The summed E-state index contributed by atoms with van der Waals surface area (Å²) in [7, 11) is 0. The van der Waals surface area contributed by atoms with Crippen molar-refractivity contribution >= 4 is 0 Å². The van der Waals surface area contributed by atoms with Crippen LogP contribution >= 0.6 is 0 Å². The van der Waals surface area contributed by atoms with Crippen molar-refractivity contribution in [3.63, 3.8) is 0 Å². The van der Waals surface area contributed by atoms with Crippen molar-refractivity contribution in [2.75, 3.05) is 6.54 Å². The van der Waals surface area contributed by atoms with Gasteiger partial charge in [-0.05, 0) is 68.4 Å². The Morgan fingerprint density at radius 1 is 1.21 bits per heavy atom. The van der Waals surface area contributed by atoms with E-state index in [0.29, 0.717) is 0 Å². The Hall–Kier alpha value is -0.820. The molecule has 0 aliphatic heterocycles. The standard InChI is InChI=1S/C18H29N/c1-13(2)16-7-8-17(12-19)18(11-16)10-15-6-4-5-14(3)9-15/h4-6,9,13,16-18H,7-8,10-12,19H2,1-3H3. The monoisotopic (exact) mass is 259 g/mol. The van der Waals surface area contributed by atoms with E-state index in [1.54, 1.807) is 0 Å². The number of hydrogen-bond donors (Lipinski definition) is 1. The molecular formula is C18H29N. The minimum atomic E-state index is 0.732. The summed E-state index contributed by atoms with van der Waals surface area (Å²) in [6.45, 7) is 7.79. The topological polar surface area (TPSA) is 26.0 Å². The van der Waals surface area contributed by atoms with Crippen LogP contribution in [0.5, 0.6) is 0 Å². The van der Waals surface area contributed by atoms with Crippen molar-refractivity contribution in [3.8, 4) is 0 Å². The summed E-state index contributed by atoms with van der Waals surface area (Å²) in [5, 5.41) is 0. The summed E-state index contributed by atoms with van der Waals surface area (Å²) in [4.78, 5) is 0. The van der Waals surface area contributed by atoms with Gasteiger partial charge in [0.05, 0.1) is 0 Å². The van der Waals surface area contributed by atoms with E-state index < -0.39 is 0 Å². The second-order valence-corrected chi connectivity index (χ2v) is 6.77. The molecule has 0 spiro atoms. The lowest BCUT2D eigenvalue weighted by Crippen LogP contribution is -2.33. The molecule has 1 aliphatic rings. The highest BCUT2D eigenvalue weighted by Gasteiger charge is 2.30. The highest BCUT2D eigenvalue weighted by Crippen LogP contribution is 2.38. The Labute approximate surface area is 118 Å². The molecule has 1 nitrogen and oxygen atoms in total. The van der Waals surface area contributed by atoms with Crippen LogP contribution in [0.4, 0.5) is 0 Å². The molecule has 19 heavy (non-hydrogen) atoms. The Morgan fingerprint density at radius 3 is 2.63 bits per heavy atom. The van der Waals surface area contributed by atoms with Gasteiger partial charge >= 0.3 is 0 Å². The number of nitrogens with two attached hydrogens (primary N) is 1. The van der Waals surface area contributed by atoms with E-state index in [1.165, 1.54) is 36.8 Å². The Balaban J connectivity index is 2.06. The summed E-state index contributed by atoms with van der Waals surface area (Å²) in [5.74, 6) is 3.24. The molecule has 3 unspecified atom stereocenters. The van der Waals surface area contributed by atoms with Crippen LogP contribution in [0.1, 0.15) is 44.2 Å². The van der Waals surface area contributed by atoms with Crippen molar-refractivity contribution in [1.29, 1.82) is 0 Å². The van der Waals surface area contributed by atoms with Crippen LogP contribution in [0.15, 0.2) is 24.3 Å². The van der Waals surface area contributed by atoms with E-state index >= 15 is 0 Å². The van der Waals surface area contributed by atoms with Gasteiger partial charge in [0.1, 0.15) is 0 Å². The van der Waals surface area contributed by atoms with Crippen LogP contribution in [-0.4, -0.2) is 6.54 Å². The van der Waals surface area contributed by atoms with Gasteiger partial charge in [0.15, 0.2) is 0 Å². The van der Waals surface area contributed by atoms with Gasteiger partial charge in [-0.15, -0.1) is 0 Å². The molecular weight excluding hydrogens is 230 g/mol. The van der Waals surface area contributed by atoms with Crippen molar-refractivity contribution < 1.29 is 0 Å². The SMILES string of the molecule is Cc1cccc(CC2CC(C(C)C)CCC2CN)c1. The highest BCUT2D eigenvalue weighted by molar-refractivity contribution is 5.22. The lowest BCUT2D eigenvalue weighted by Gasteiger charge is -2.37. The summed E-state index contributed by atoms with van der Waals surface area (Å²) in [6, 6.07) is 8.98. The third-order valence-corrected chi connectivity index (χ3v) is 5.01. The fourth-order valence-corrected chi connectivity index (χ4v) is 3.67. The molecule has 0 amide bonds. The number of benzene rings is 1. The first kappa shape index (κ1) is 14.6. The van der Waals surface area contributed by atoms with Crippen molar-refractivity contribution in [3.05, 3.63) is 35.4 Å². The Morgan fingerprint density at radius 2 is 2.00 bits per heavy atom. The van der Waals surface area contributed by atoms with Crippen LogP contribution in [0, 0.1) is 30.6 Å². The molecule has 1 heteroatoms. The second kappa shape index (κ2) is 6.56. The minimum Gasteiger partial charge on any atom is -0.330 e. The average Bonchev–Trinajstić information content (AvgIpc) is 2.38. The Bertz CT molecular complexity index is 396. The fourth-order valence-electron chi connectivity index (χ4n) is 3.67. The van der Waals surface area contributed by atoms with Gasteiger partial charge in [-0.3, -0.25) is 0 Å². The molecule has 1 aliphatic carbocycles. The summed E-state index contributed by atoms with van der Waals surface area (Å²) in [6.07, 6.45) is 5.29. The maximum absolute atomic E-state index is 6.00. The summed E-state index contributed by atoms with van der Waals surface area (Å²) in [5.41, 5.74) is 8.87. The number of aryl methyl sites for hydroxylation is 1. The van der Waals surface area contributed by atoms with Crippen LogP contribution < -0.4 is 5.73 Å². The molecule has 1 aromatic carbocycles. The quantitative estimate of drug-likeness (QED) is 0.862. The smallest absolute Gasteiger partial charge is 0.00461 e. The molecule has 106 valence electrons. The molecule has 2 N–H and O–H groups in total. The van der Waals surface area contributed by atoms with Gasteiger partial charge in [0.2, 0.25) is 0 Å². The minimum absolute atomic E-state index is 0.732. The first-order chi connectivity index (χ1) is 9.10. The molecule has 0 heterocycles. The third-order valence-electron chi connectivity index (χ3n) is 5.01. The van der Waals surface area contributed by atoms with Crippen molar-refractivity contribution in [2.45, 2.75) is 46.5 Å². The van der Waals surface area contributed by atoms with E-state index in [9.17, 15) is 0 Å². The largest absolute Gasteiger partial charge is 0.330 e. The molecule has 2 rings (SSSR count). The first-order valence-corrected chi connectivity index (χ1v) is 7.85. The maximum atomic E-state index is 6.00. The van der Waals surface area contributed by atoms with Gasteiger partial charge in [-0.2, -0.15) is 0 Å². The normalized spacial score (nSPS) is 27.7. The van der Waals surface area contributed by atoms with Crippen LogP contribution in [-0.2, 0) is 6.42 Å². The predicted octanol–water partition coefficient (Wildman–Crippen LogP) is 4.18. The lowest BCUT2D eigenvalue weighted by molar-refractivity contribution is 0.151. The van der Waals surface area contributed by atoms with Gasteiger partial charge in [0, 0.05) is 0 Å². The van der Waals surface area contributed by atoms with Crippen LogP contribution in [0.2, 0.25) is 0 Å². The van der Waals surface area contributed by atoms with Gasteiger partial charge in [-0.1, -0.05) is 43.7 Å². The molecule has 1 saturated carbocycles. The van der Waals surface area contributed by atoms with E-state index in [1.807, 2.05) is 0 Å². The van der Waals surface area contributed by atoms with Gasteiger partial charge in [-0.25, -0.2) is 0 Å². The molecule has 0 saturated heterocycles. The van der Waals surface area contributed by atoms with E-state index in [-0.39, 0.29) is 0 Å². The number of rotatable bonds is 4. The molecule has 0 bridgehead atoms. The van der Waals surface area contributed by atoms with E-state index in [0.717, 1.165) is 30.2 Å². The van der Waals surface area contributed by atoms with Crippen LogP contribution in [0.3, 0.4) is 0 Å². The molecule has 0 radical (unpaired) electrons.